The minimum absolute atomic E-state index is 0.874. The van der Waals surface area contributed by atoms with Gasteiger partial charge in [0, 0.05) is 38.9 Å². The monoisotopic (exact) mass is 397 g/mol. The molecule has 0 unspecified atom stereocenters. The molecule has 152 valence electrons. The molecule has 2 aromatic heterocycles. The number of hydrogen-bond acceptors (Lipinski definition) is 4. The first-order valence-corrected chi connectivity index (χ1v) is 10.6. The van der Waals surface area contributed by atoms with Gasteiger partial charge >= 0.3 is 0 Å². The highest BCUT2D eigenvalue weighted by molar-refractivity contribution is 5.85. The van der Waals surface area contributed by atoms with Gasteiger partial charge in [0.15, 0.2) is 5.82 Å². The molecule has 1 aliphatic rings. The smallest absolute Gasteiger partial charge is 0.153 e. The highest BCUT2D eigenvalue weighted by Gasteiger charge is 2.23. The number of aromatic nitrogens is 3. The maximum atomic E-state index is 4.78. The zero-order valence-electron chi connectivity index (χ0n) is 17.6. The van der Waals surface area contributed by atoms with Crippen LogP contribution in [0.15, 0.2) is 66.9 Å². The van der Waals surface area contributed by atoms with Gasteiger partial charge in [-0.15, -0.1) is 0 Å². The van der Waals surface area contributed by atoms with E-state index in [2.05, 4.69) is 71.1 Å². The van der Waals surface area contributed by atoms with Gasteiger partial charge in [-0.3, -0.25) is 4.90 Å². The van der Waals surface area contributed by atoms with E-state index in [9.17, 15) is 0 Å². The fourth-order valence-electron chi connectivity index (χ4n) is 4.60. The van der Waals surface area contributed by atoms with E-state index < -0.39 is 0 Å². The molecule has 0 amide bonds. The lowest BCUT2D eigenvalue weighted by Crippen LogP contribution is -2.46. The Kier molecular flexibility index (Phi) is 4.97. The number of hydrogen-bond donors (Lipinski definition) is 0. The molecule has 2 aromatic carbocycles. The first-order valence-electron chi connectivity index (χ1n) is 10.6. The number of nitrogens with zero attached hydrogens (tertiary/aromatic N) is 5. The summed E-state index contributed by atoms with van der Waals surface area (Å²) in [7, 11) is 0. The molecule has 0 atom stereocenters. The number of aryl methyl sites for hydroxylation is 1. The maximum Gasteiger partial charge on any atom is 0.153 e. The van der Waals surface area contributed by atoms with E-state index in [4.69, 9.17) is 5.10 Å². The van der Waals surface area contributed by atoms with Gasteiger partial charge in [0.25, 0.3) is 0 Å². The zero-order chi connectivity index (χ0) is 20.5. The van der Waals surface area contributed by atoms with Gasteiger partial charge in [-0.1, -0.05) is 48.5 Å². The number of pyridine rings is 1. The van der Waals surface area contributed by atoms with E-state index >= 15 is 0 Å². The van der Waals surface area contributed by atoms with E-state index in [1.54, 1.807) is 0 Å². The Balaban J connectivity index is 1.31. The van der Waals surface area contributed by atoms with Crippen LogP contribution in [-0.2, 0) is 6.54 Å². The SMILES string of the molecule is Cc1nn(-c2ccccn2)c(C)c1N1CCN(Cc2cccc3ccccc23)CC1. The normalized spacial score (nSPS) is 15.1. The summed E-state index contributed by atoms with van der Waals surface area (Å²) in [5.41, 5.74) is 4.90. The Hall–Kier alpha value is -3.18. The van der Waals surface area contributed by atoms with E-state index in [0.717, 1.165) is 49.9 Å². The molecule has 0 spiro atoms. The number of anilines is 1. The summed E-state index contributed by atoms with van der Waals surface area (Å²) in [6.45, 7) is 9.38. The van der Waals surface area contributed by atoms with Gasteiger partial charge in [0.2, 0.25) is 0 Å². The molecule has 1 fully saturated rings. The van der Waals surface area contributed by atoms with Gasteiger partial charge in [-0.2, -0.15) is 5.10 Å². The predicted octanol–water partition coefficient (Wildman–Crippen LogP) is 4.36. The fraction of sp³-hybridized carbons (Fsp3) is 0.280. The van der Waals surface area contributed by atoms with Crippen LogP contribution in [0.3, 0.4) is 0 Å². The third-order valence-electron chi connectivity index (χ3n) is 6.08. The van der Waals surface area contributed by atoms with Crippen LogP contribution in [-0.4, -0.2) is 45.8 Å². The van der Waals surface area contributed by atoms with Crippen molar-refractivity contribution in [1.29, 1.82) is 0 Å². The summed E-state index contributed by atoms with van der Waals surface area (Å²) in [5.74, 6) is 0.874. The lowest BCUT2D eigenvalue weighted by atomic mass is 10.0. The third-order valence-corrected chi connectivity index (χ3v) is 6.08. The van der Waals surface area contributed by atoms with Gasteiger partial charge in [0.05, 0.1) is 17.1 Å². The van der Waals surface area contributed by atoms with Gasteiger partial charge in [-0.05, 0) is 42.3 Å². The average Bonchev–Trinajstić information content (AvgIpc) is 3.09. The molecule has 0 aliphatic carbocycles. The van der Waals surface area contributed by atoms with Gasteiger partial charge < -0.3 is 4.90 Å². The first kappa shape index (κ1) is 18.8. The molecule has 5 rings (SSSR count). The van der Waals surface area contributed by atoms with E-state index in [0.29, 0.717) is 0 Å². The van der Waals surface area contributed by atoms with Crippen molar-refractivity contribution in [2.45, 2.75) is 20.4 Å². The van der Waals surface area contributed by atoms with Crippen LogP contribution in [0.5, 0.6) is 0 Å². The molecule has 1 saturated heterocycles. The summed E-state index contributed by atoms with van der Waals surface area (Å²) >= 11 is 0. The van der Waals surface area contributed by atoms with Crippen LogP contribution in [0, 0.1) is 13.8 Å². The largest absolute Gasteiger partial charge is 0.366 e. The highest BCUT2D eigenvalue weighted by Crippen LogP contribution is 2.28. The fourth-order valence-corrected chi connectivity index (χ4v) is 4.60. The molecule has 0 saturated carbocycles. The molecule has 0 bridgehead atoms. The quantitative estimate of drug-likeness (QED) is 0.513. The summed E-state index contributed by atoms with van der Waals surface area (Å²) in [4.78, 5) is 9.51. The number of benzene rings is 2. The van der Waals surface area contributed by atoms with Crippen molar-refractivity contribution in [3.05, 3.63) is 83.8 Å². The zero-order valence-corrected chi connectivity index (χ0v) is 17.6. The number of piperazine rings is 1. The van der Waals surface area contributed by atoms with Crippen LogP contribution in [0.2, 0.25) is 0 Å². The molecule has 0 N–H and O–H groups in total. The second kappa shape index (κ2) is 7.92. The van der Waals surface area contributed by atoms with Gasteiger partial charge in [-0.25, -0.2) is 9.67 Å². The lowest BCUT2D eigenvalue weighted by Gasteiger charge is -2.36. The minimum Gasteiger partial charge on any atom is -0.366 e. The highest BCUT2D eigenvalue weighted by atomic mass is 15.4. The van der Waals surface area contributed by atoms with Crippen LogP contribution in [0.4, 0.5) is 5.69 Å². The van der Waals surface area contributed by atoms with Crippen LogP contribution < -0.4 is 4.90 Å². The Morgan fingerprint density at radius 2 is 1.60 bits per heavy atom. The first-order chi connectivity index (χ1) is 14.7. The Morgan fingerprint density at radius 1 is 0.833 bits per heavy atom. The average molecular weight is 398 g/mol. The lowest BCUT2D eigenvalue weighted by molar-refractivity contribution is 0.250. The Labute approximate surface area is 177 Å². The topological polar surface area (TPSA) is 37.2 Å². The van der Waals surface area contributed by atoms with Crippen molar-refractivity contribution in [2.24, 2.45) is 0 Å². The van der Waals surface area contributed by atoms with Crippen molar-refractivity contribution in [3.8, 4) is 5.82 Å². The van der Waals surface area contributed by atoms with Crippen molar-refractivity contribution in [1.82, 2.24) is 19.7 Å². The van der Waals surface area contributed by atoms with Gasteiger partial charge in [0.1, 0.15) is 0 Å². The second-order valence-corrected chi connectivity index (χ2v) is 8.02. The van der Waals surface area contributed by atoms with Crippen LogP contribution in [0.25, 0.3) is 16.6 Å². The van der Waals surface area contributed by atoms with Crippen molar-refractivity contribution >= 4 is 16.5 Å². The summed E-state index contributed by atoms with van der Waals surface area (Å²) in [6, 6.07) is 21.3. The molecular formula is C25H27N5. The molecule has 5 heteroatoms. The van der Waals surface area contributed by atoms with Crippen molar-refractivity contribution in [3.63, 3.8) is 0 Å². The molecule has 5 nitrogen and oxygen atoms in total. The van der Waals surface area contributed by atoms with E-state index in [1.807, 2.05) is 29.1 Å². The van der Waals surface area contributed by atoms with Crippen LogP contribution >= 0.6 is 0 Å². The number of rotatable bonds is 4. The predicted molar refractivity (Wildman–Crippen MR) is 122 cm³/mol. The molecule has 1 aliphatic heterocycles. The summed E-state index contributed by atoms with van der Waals surface area (Å²) < 4.78 is 1.97. The van der Waals surface area contributed by atoms with Crippen LogP contribution in [0.1, 0.15) is 17.0 Å². The maximum absolute atomic E-state index is 4.78. The summed E-state index contributed by atoms with van der Waals surface area (Å²) in [5, 5.41) is 7.46. The molecule has 30 heavy (non-hydrogen) atoms. The van der Waals surface area contributed by atoms with E-state index in [1.165, 1.54) is 22.0 Å². The summed E-state index contributed by atoms with van der Waals surface area (Å²) in [6.07, 6.45) is 1.82. The Bertz CT molecular complexity index is 1150. The Morgan fingerprint density at radius 3 is 2.40 bits per heavy atom. The molecule has 4 aromatic rings. The van der Waals surface area contributed by atoms with Crippen molar-refractivity contribution in [2.75, 3.05) is 31.1 Å². The second-order valence-electron chi connectivity index (χ2n) is 8.02. The molecule has 0 radical (unpaired) electrons. The number of fused-ring (bicyclic) bond motifs is 1. The standard InChI is InChI=1S/C25H27N5/c1-19-25(20(2)30(27-19)24-12-5-6-13-26-24)29-16-14-28(15-17-29)18-22-10-7-9-21-8-3-4-11-23(21)22/h3-13H,14-18H2,1-2H3. The minimum atomic E-state index is 0.874. The van der Waals surface area contributed by atoms with Crippen molar-refractivity contribution < 1.29 is 0 Å². The van der Waals surface area contributed by atoms with E-state index in [-0.39, 0.29) is 0 Å². The third kappa shape index (κ3) is 3.46. The molecule has 3 heterocycles. The molecular weight excluding hydrogens is 370 g/mol.